The standard InChI is InChI=1S/C21H20F3NO4/c1-13-6-7-15(10-14(13)2)18(26)12-29-20(28)9-8-19(27)25-17-5-3-4-16(11-17)21(22,23)24/h3-7,10-11H,8-9,12H2,1-2H3,(H,25,27). The maximum Gasteiger partial charge on any atom is 0.416 e. The fraction of sp³-hybridized carbons (Fsp3) is 0.286. The van der Waals surface area contributed by atoms with Crippen LogP contribution in [0.15, 0.2) is 42.5 Å². The first-order valence-corrected chi connectivity index (χ1v) is 8.79. The number of benzene rings is 2. The fourth-order valence-corrected chi connectivity index (χ4v) is 2.43. The quantitative estimate of drug-likeness (QED) is 0.543. The molecule has 0 spiro atoms. The molecular weight excluding hydrogens is 387 g/mol. The Kier molecular flexibility index (Phi) is 7.14. The van der Waals surface area contributed by atoms with Gasteiger partial charge in [0.25, 0.3) is 0 Å². The summed E-state index contributed by atoms with van der Waals surface area (Å²) in [7, 11) is 0. The Bertz CT molecular complexity index is 922. The molecule has 5 nitrogen and oxygen atoms in total. The summed E-state index contributed by atoms with van der Waals surface area (Å²) in [5.74, 6) is -1.75. The maximum absolute atomic E-state index is 12.7. The Morgan fingerprint density at radius 2 is 1.69 bits per heavy atom. The molecule has 0 saturated carbocycles. The number of nitrogens with one attached hydrogen (secondary N) is 1. The van der Waals surface area contributed by atoms with Gasteiger partial charge in [0.05, 0.1) is 12.0 Å². The van der Waals surface area contributed by atoms with Crippen LogP contribution in [-0.4, -0.2) is 24.3 Å². The molecule has 1 N–H and O–H groups in total. The first-order chi connectivity index (χ1) is 13.6. The zero-order chi connectivity index (χ0) is 21.6. The predicted molar refractivity (Wildman–Crippen MR) is 101 cm³/mol. The van der Waals surface area contributed by atoms with E-state index in [0.717, 1.165) is 23.3 Å². The lowest BCUT2D eigenvalue weighted by Crippen LogP contribution is -2.17. The van der Waals surface area contributed by atoms with Crippen LogP contribution in [0.25, 0.3) is 0 Å². The second kappa shape index (κ2) is 9.36. The lowest BCUT2D eigenvalue weighted by Gasteiger charge is -2.10. The largest absolute Gasteiger partial charge is 0.457 e. The molecule has 0 aliphatic rings. The van der Waals surface area contributed by atoms with E-state index in [9.17, 15) is 27.6 Å². The van der Waals surface area contributed by atoms with Gasteiger partial charge in [-0.3, -0.25) is 14.4 Å². The van der Waals surface area contributed by atoms with Crippen molar-refractivity contribution in [3.8, 4) is 0 Å². The highest BCUT2D eigenvalue weighted by atomic mass is 19.4. The minimum atomic E-state index is -4.52. The lowest BCUT2D eigenvalue weighted by atomic mass is 10.0. The zero-order valence-corrected chi connectivity index (χ0v) is 15.9. The molecule has 1 amide bonds. The molecule has 0 atom stereocenters. The van der Waals surface area contributed by atoms with Gasteiger partial charge in [-0.2, -0.15) is 13.2 Å². The van der Waals surface area contributed by atoms with Gasteiger partial charge >= 0.3 is 12.1 Å². The van der Waals surface area contributed by atoms with Crippen LogP contribution in [0, 0.1) is 13.8 Å². The van der Waals surface area contributed by atoms with Crippen molar-refractivity contribution < 1.29 is 32.3 Å². The minimum absolute atomic E-state index is 0.0249. The van der Waals surface area contributed by atoms with Gasteiger partial charge < -0.3 is 10.1 Å². The van der Waals surface area contributed by atoms with Crippen molar-refractivity contribution >= 4 is 23.3 Å². The molecule has 0 aliphatic carbocycles. The average Bonchev–Trinajstić information content (AvgIpc) is 2.66. The number of esters is 1. The van der Waals surface area contributed by atoms with Gasteiger partial charge in [0.15, 0.2) is 12.4 Å². The smallest absolute Gasteiger partial charge is 0.416 e. The number of hydrogen-bond acceptors (Lipinski definition) is 4. The summed E-state index contributed by atoms with van der Waals surface area (Å²) in [6, 6.07) is 9.31. The van der Waals surface area contributed by atoms with E-state index in [1.807, 2.05) is 13.8 Å². The number of hydrogen-bond donors (Lipinski definition) is 1. The van der Waals surface area contributed by atoms with Gasteiger partial charge in [-0.15, -0.1) is 0 Å². The highest BCUT2D eigenvalue weighted by molar-refractivity contribution is 5.98. The normalized spacial score (nSPS) is 11.1. The molecule has 0 bridgehead atoms. The van der Waals surface area contributed by atoms with E-state index in [1.54, 1.807) is 18.2 Å². The molecule has 29 heavy (non-hydrogen) atoms. The Labute approximate surface area is 165 Å². The van der Waals surface area contributed by atoms with Crippen molar-refractivity contribution in [2.45, 2.75) is 32.9 Å². The van der Waals surface area contributed by atoms with Crippen LogP contribution in [0.2, 0.25) is 0 Å². The van der Waals surface area contributed by atoms with E-state index < -0.39 is 30.2 Å². The second-order valence-corrected chi connectivity index (χ2v) is 6.51. The van der Waals surface area contributed by atoms with E-state index >= 15 is 0 Å². The lowest BCUT2D eigenvalue weighted by molar-refractivity contribution is -0.143. The molecule has 0 fully saturated rings. The van der Waals surface area contributed by atoms with Crippen LogP contribution in [0.5, 0.6) is 0 Å². The van der Waals surface area contributed by atoms with Gasteiger partial charge in [-0.05, 0) is 49.2 Å². The molecule has 2 aromatic rings. The SMILES string of the molecule is Cc1ccc(C(=O)COC(=O)CCC(=O)Nc2cccc(C(F)(F)F)c2)cc1C. The Morgan fingerprint density at radius 3 is 2.34 bits per heavy atom. The Hall–Kier alpha value is -3.16. The first-order valence-electron chi connectivity index (χ1n) is 8.79. The van der Waals surface area contributed by atoms with E-state index in [2.05, 4.69) is 5.32 Å². The van der Waals surface area contributed by atoms with E-state index in [0.29, 0.717) is 5.56 Å². The average molecular weight is 407 g/mol. The van der Waals surface area contributed by atoms with E-state index in [4.69, 9.17) is 4.74 Å². The van der Waals surface area contributed by atoms with Crippen molar-refractivity contribution in [2.24, 2.45) is 0 Å². The zero-order valence-electron chi connectivity index (χ0n) is 15.9. The number of anilines is 1. The molecule has 0 aromatic heterocycles. The molecule has 2 aromatic carbocycles. The summed E-state index contributed by atoms with van der Waals surface area (Å²) in [5, 5.41) is 2.30. The monoisotopic (exact) mass is 407 g/mol. The molecule has 0 unspecified atom stereocenters. The van der Waals surface area contributed by atoms with Crippen molar-refractivity contribution in [1.29, 1.82) is 0 Å². The number of rotatable bonds is 7. The summed E-state index contributed by atoms with van der Waals surface area (Å²) in [6.45, 7) is 3.33. The van der Waals surface area contributed by atoms with Gasteiger partial charge in [0.2, 0.25) is 5.91 Å². The second-order valence-electron chi connectivity index (χ2n) is 6.51. The van der Waals surface area contributed by atoms with Crippen LogP contribution >= 0.6 is 0 Å². The molecule has 0 heterocycles. The number of amides is 1. The topological polar surface area (TPSA) is 72.5 Å². The van der Waals surface area contributed by atoms with Crippen molar-refractivity contribution in [3.63, 3.8) is 0 Å². The number of carbonyl (C=O) groups excluding carboxylic acids is 3. The molecule has 0 saturated heterocycles. The van der Waals surface area contributed by atoms with Gasteiger partial charge in [0, 0.05) is 17.7 Å². The van der Waals surface area contributed by atoms with Crippen molar-refractivity contribution in [3.05, 3.63) is 64.7 Å². The molecule has 2 rings (SSSR count). The summed E-state index contributed by atoms with van der Waals surface area (Å²) >= 11 is 0. The number of ketones is 1. The van der Waals surface area contributed by atoms with Crippen LogP contribution in [-0.2, 0) is 20.5 Å². The highest BCUT2D eigenvalue weighted by Gasteiger charge is 2.30. The third kappa shape index (κ3) is 6.74. The first kappa shape index (κ1) is 22.1. The van der Waals surface area contributed by atoms with Crippen LogP contribution in [0.1, 0.15) is 39.9 Å². The van der Waals surface area contributed by atoms with Gasteiger partial charge in [-0.1, -0.05) is 18.2 Å². The fourth-order valence-electron chi connectivity index (χ4n) is 2.43. The van der Waals surface area contributed by atoms with Gasteiger partial charge in [-0.25, -0.2) is 0 Å². The minimum Gasteiger partial charge on any atom is -0.457 e. The number of ether oxygens (including phenoxy) is 1. The van der Waals surface area contributed by atoms with Crippen molar-refractivity contribution in [1.82, 2.24) is 0 Å². The molecule has 0 aliphatic heterocycles. The summed E-state index contributed by atoms with van der Waals surface area (Å²) in [5.41, 5.74) is 1.48. The van der Waals surface area contributed by atoms with E-state index in [1.165, 1.54) is 12.1 Å². The number of carbonyl (C=O) groups is 3. The molecule has 0 radical (unpaired) electrons. The van der Waals surface area contributed by atoms with Crippen LogP contribution in [0.4, 0.5) is 18.9 Å². The maximum atomic E-state index is 12.7. The van der Waals surface area contributed by atoms with Crippen LogP contribution in [0.3, 0.4) is 0 Å². The summed E-state index contributed by atoms with van der Waals surface area (Å²) in [6.07, 6.45) is -5.11. The number of halogens is 3. The third-order valence-corrected chi connectivity index (χ3v) is 4.22. The highest BCUT2D eigenvalue weighted by Crippen LogP contribution is 2.30. The molecule has 8 heteroatoms. The molecule has 154 valence electrons. The van der Waals surface area contributed by atoms with Crippen LogP contribution < -0.4 is 5.32 Å². The number of alkyl halides is 3. The molecular formula is C21H20F3NO4. The summed E-state index contributed by atoms with van der Waals surface area (Å²) in [4.78, 5) is 35.6. The number of aryl methyl sites for hydroxylation is 2. The van der Waals surface area contributed by atoms with E-state index in [-0.39, 0.29) is 24.3 Å². The van der Waals surface area contributed by atoms with Gasteiger partial charge in [0.1, 0.15) is 0 Å². The Morgan fingerprint density at radius 1 is 0.966 bits per heavy atom. The number of Topliss-reactive ketones (excluding diaryl/α,β-unsaturated/α-hetero) is 1. The predicted octanol–water partition coefficient (Wildman–Crippen LogP) is 4.47. The third-order valence-electron chi connectivity index (χ3n) is 4.22. The summed E-state index contributed by atoms with van der Waals surface area (Å²) < 4.78 is 42.9. The Balaban J connectivity index is 1.79. The van der Waals surface area contributed by atoms with Crippen molar-refractivity contribution in [2.75, 3.05) is 11.9 Å².